The third-order valence-electron chi connectivity index (χ3n) is 2.52. The summed E-state index contributed by atoms with van der Waals surface area (Å²) >= 11 is 0. The number of hydrogen-bond donors (Lipinski definition) is 2. The monoisotopic (exact) mass is 246 g/mol. The van der Waals surface area contributed by atoms with E-state index in [0.29, 0.717) is 13.0 Å². The number of H-pyrrole nitrogens is 1. The summed E-state index contributed by atoms with van der Waals surface area (Å²) in [5, 5.41) is 12.4. The number of aromatic amines is 1. The molecule has 18 heavy (non-hydrogen) atoms. The third-order valence-corrected chi connectivity index (χ3v) is 2.52. The van der Waals surface area contributed by atoms with Gasteiger partial charge in [0.05, 0.1) is 13.3 Å². The Labute approximate surface area is 104 Å². The van der Waals surface area contributed by atoms with Crippen LogP contribution in [0.5, 0.6) is 5.75 Å². The van der Waals surface area contributed by atoms with Gasteiger partial charge >= 0.3 is 0 Å². The van der Waals surface area contributed by atoms with Crippen LogP contribution in [0, 0.1) is 0 Å². The molecule has 0 saturated heterocycles. The molecule has 0 bridgehead atoms. The Morgan fingerprint density at radius 3 is 3.00 bits per heavy atom. The number of ether oxygens (including phenoxy) is 1. The van der Waals surface area contributed by atoms with Crippen LogP contribution in [0.2, 0.25) is 0 Å². The van der Waals surface area contributed by atoms with Crippen molar-refractivity contribution >= 4 is 5.91 Å². The van der Waals surface area contributed by atoms with Gasteiger partial charge in [0, 0.05) is 6.54 Å². The van der Waals surface area contributed by atoms with Crippen LogP contribution in [0.25, 0.3) is 0 Å². The number of carbonyl (C=O) groups is 1. The molecular weight excluding hydrogens is 232 g/mol. The number of rotatable bonds is 5. The van der Waals surface area contributed by atoms with Crippen molar-refractivity contribution in [2.75, 3.05) is 13.7 Å². The van der Waals surface area contributed by atoms with E-state index >= 15 is 0 Å². The molecule has 94 valence electrons. The summed E-state index contributed by atoms with van der Waals surface area (Å²) < 4.78 is 5.24. The number of nitrogens with zero attached hydrogens (tertiary/aromatic N) is 2. The van der Waals surface area contributed by atoms with E-state index in [2.05, 4.69) is 20.7 Å². The fraction of sp³-hybridized carbons (Fsp3) is 0.250. The summed E-state index contributed by atoms with van der Waals surface area (Å²) in [6.45, 7) is 0.520. The van der Waals surface area contributed by atoms with Gasteiger partial charge in [0.2, 0.25) is 0 Å². The minimum Gasteiger partial charge on any atom is -0.496 e. The van der Waals surface area contributed by atoms with E-state index in [1.165, 1.54) is 6.20 Å². The minimum atomic E-state index is -0.237. The molecule has 2 rings (SSSR count). The molecule has 6 heteroatoms. The molecular formula is C12H14N4O2. The van der Waals surface area contributed by atoms with Crippen molar-refractivity contribution in [3.05, 3.63) is 41.7 Å². The Morgan fingerprint density at radius 2 is 2.28 bits per heavy atom. The van der Waals surface area contributed by atoms with E-state index in [9.17, 15) is 4.79 Å². The molecule has 1 aromatic carbocycles. The topological polar surface area (TPSA) is 79.9 Å². The highest BCUT2D eigenvalue weighted by Crippen LogP contribution is 2.17. The molecule has 0 fully saturated rings. The van der Waals surface area contributed by atoms with Crippen LogP contribution in [0.15, 0.2) is 30.5 Å². The van der Waals surface area contributed by atoms with Gasteiger partial charge in [-0.2, -0.15) is 15.4 Å². The average Bonchev–Trinajstić information content (AvgIpc) is 2.93. The lowest BCUT2D eigenvalue weighted by atomic mass is 10.1. The van der Waals surface area contributed by atoms with Crippen LogP contribution in [0.4, 0.5) is 0 Å². The van der Waals surface area contributed by atoms with E-state index in [4.69, 9.17) is 4.74 Å². The van der Waals surface area contributed by atoms with Crippen molar-refractivity contribution in [1.29, 1.82) is 0 Å². The first kappa shape index (κ1) is 12.1. The van der Waals surface area contributed by atoms with E-state index in [-0.39, 0.29) is 11.6 Å². The minimum absolute atomic E-state index is 0.237. The van der Waals surface area contributed by atoms with Crippen molar-refractivity contribution in [3.63, 3.8) is 0 Å². The van der Waals surface area contributed by atoms with Gasteiger partial charge in [0.1, 0.15) is 5.75 Å². The maximum absolute atomic E-state index is 11.6. The highest BCUT2D eigenvalue weighted by Gasteiger charge is 2.08. The predicted octanol–water partition coefficient (Wildman–Crippen LogP) is 0.786. The number of amides is 1. The molecule has 0 atom stereocenters. The zero-order chi connectivity index (χ0) is 12.8. The van der Waals surface area contributed by atoms with Crippen molar-refractivity contribution < 1.29 is 9.53 Å². The molecule has 1 aromatic heterocycles. The van der Waals surface area contributed by atoms with Crippen LogP contribution in [-0.4, -0.2) is 35.0 Å². The fourth-order valence-corrected chi connectivity index (χ4v) is 1.62. The standard InChI is InChI=1S/C12H14N4O2/c1-18-11-5-3-2-4-9(11)6-7-13-12(17)10-8-14-16-15-10/h2-5,8H,6-7H2,1H3,(H,13,17)(H,14,15,16). The summed E-state index contributed by atoms with van der Waals surface area (Å²) in [6, 6.07) is 7.73. The smallest absolute Gasteiger partial charge is 0.273 e. The second-order valence-corrected chi connectivity index (χ2v) is 3.67. The summed E-state index contributed by atoms with van der Waals surface area (Å²) in [6.07, 6.45) is 2.09. The van der Waals surface area contributed by atoms with Crippen LogP contribution in [0.3, 0.4) is 0 Å². The molecule has 1 heterocycles. The van der Waals surface area contributed by atoms with Gasteiger partial charge in [-0.3, -0.25) is 4.79 Å². The molecule has 2 aromatic rings. The van der Waals surface area contributed by atoms with Crippen molar-refractivity contribution in [3.8, 4) is 5.75 Å². The third kappa shape index (κ3) is 2.85. The summed E-state index contributed by atoms with van der Waals surface area (Å²) in [5.74, 6) is 0.590. The first-order chi connectivity index (χ1) is 8.81. The Balaban J connectivity index is 1.87. The number of methoxy groups -OCH3 is 1. The quantitative estimate of drug-likeness (QED) is 0.817. The maximum Gasteiger partial charge on any atom is 0.273 e. The molecule has 1 amide bonds. The summed E-state index contributed by atoms with van der Waals surface area (Å²) in [4.78, 5) is 11.6. The van der Waals surface area contributed by atoms with Gasteiger partial charge in [0.15, 0.2) is 5.69 Å². The largest absolute Gasteiger partial charge is 0.496 e. The van der Waals surface area contributed by atoms with Crippen LogP contribution < -0.4 is 10.1 Å². The first-order valence-corrected chi connectivity index (χ1v) is 5.57. The molecule has 2 N–H and O–H groups in total. The zero-order valence-electron chi connectivity index (χ0n) is 10.0. The maximum atomic E-state index is 11.6. The molecule has 0 aliphatic carbocycles. The number of hydrogen-bond acceptors (Lipinski definition) is 4. The Kier molecular flexibility index (Phi) is 3.90. The Morgan fingerprint density at radius 1 is 1.44 bits per heavy atom. The Hall–Kier alpha value is -2.37. The van der Waals surface area contributed by atoms with Gasteiger partial charge < -0.3 is 10.1 Å². The van der Waals surface area contributed by atoms with Gasteiger partial charge in [-0.25, -0.2) is 0 Å². The second-order valence-electron chi connectivity index (χ2n) is 3.67. The SMILES string of the molecule is COc1ccccc1CCNC(=O)c1cn[nH]n1. The first-order valence-electron chi connectivity index (χ1n) is 5.57. The highest BCUT2D eigenvalue weighted by atomic mass is 16.5. The molecule has 0 unspecified atom stereocenters. The van der Waals surface area contributed by atoms with Gasteiger partial charge in [0.25, 0.3) is 5.91 Å². The molecule has 6 nitrogen and oxygen atoms in total. The van der Waals surface area contributed by atoms with Crippen molar-refractivity contribution in [1.82, 2.24) is 20.7 Å². The number of para-hydroxylation sites is 1. The molecule has 0 radical (unpaired) electrons. The zero-order valence-corrected chi connectivity index (χ0v) is 10.0. The van der Waals surface area contributed by atoms with E-state index < -0.39 is 0 Å². The van der Waals surface area contributed by atoms with Crippen LogP contribution in [-0.2, 0) is 6.42 Å². The molecule has 0 aliphatic rings. The van der Waals surface area contributed by atoms with Crippen LogP contribution in [0.1, 0.15) is 16.1 Å². The molecule has 0 aliphatic heterocycles. The lowest BCUT2D eigenvalue weighted by Gasteiger charge is -2.08. The van der Waals surface area contributed by atoms with E-state index in [0.717, 1.165) is 11.3 Å². The van der Waals surface area contributed by atoms with Crippen molar-refractivity contribution in [2.24, 2.45) is 0 Å². The van der Waals surface area contributed by atoms with Crippen LogP contribution >= 0.6 is 0 Å². The second kappa shape index (κ2) is 5.81. The average molecular weight is 246 g/mol. The highest BCUT2D eigenvalue weighted by molar-refractivity contribution is 5.91. The number of nitrogens with one attached hydrogen (secondary N) is 2. The fourth-order valence-electron chi connectivity index (χ4n) is 1.62. The lowest BCUT2D eigenvalue weighted by Crippen LogP contribution is -2.26. The molecule has 0 spiro atoms. The van der Waals surface area contributed by atoms with E-state index in [1.807, 2.05) is 24.3 Å². The van der Waals surface area contributed by atoms with Gasteiger partial charge in [-0.15, -0.1) is 0 Å². The summed E-state index contributed by atoms with van der Waals surface area (Å²) in [5.41, 5.74) is 1.34. The van der Waals surface area contributed by atoms with E-state index in [1.54, 1.807) is 7.11 Å². The Bertz CT molecular complexity index is 511. The van der Waals surface area contributed by atoms with Gasteiger partial charge in [-0.1, -0.05) is 18.2 Å². The van der Waals surface area contributed by atoms with Gasteiger partial charge in [-0.05, 0) is 18.1 Å². The molecule has 0 saturated carbocycles. The lowest BCUT2D eigenvalue weighted by molar-refractivity contribution is 0.0949. The van der Waals surface area contributed by atoms with Crippen molar-refractivity contribution in [2.45, 2.75) is 6.42 Å². The number of benzene rings is 1. The predicted molar refractivity (Wildman–Crippen MR) is 65.4 cm³/mol. The number of carbonyl (C=O) groups excluding carboxylic acids is 1. The normalized spacial score (nSPS) is 10.1. The summed E-state index contributed by atoms with van der Waals surface area (Å²) in [7, 11) is 1.63. The number of aromatic nitrogens is 3.